The fourth-order valence-electron chi connectivity index (χ4n) is 3.54. The van der Waals surface area contributed by atoms with Gasteiger partial charge >= 0.3 is 0 Å². The first-order valence-corrected chi connectivity index (χ1v) is 9.70. The molecule has 2 fully saturated rings. The minimum atomic E-state index is -1.37. The van der Waals surface area contributed by atoms with Crippen LogP contribution in [-0.4, -0.2) is 71.2 Å². The van der Waals surface area contributed by atoms with Crippen LogP contribution >= 0.6 is 0 Å². The van der Waals surface area contributed by atoms with Crippen LogP contribution in [-0.2, 0) is 4.79 Å². The Balaban J connectivity index is 1.38. The van der Waals surface area contributed by atoms with Crippen LogP contribution in [0.1, 0.15) is 17.4 Å². The van der Waals surface area contributed by atoms with Crippen LogP contribution in [0.25, 0.3) is 0 Å². The van der Waals surface area contributed by atoms with Gasteiger partial charge in [0.15, 0.2) is 23.1 Å². The number of likely N-dealkylation sites (tertiary alicyclic amines) is 1. The second-order valence-corrected chi connectivity index (χ2v) is 7.47. The second kappa shape index (κ2) is 8.40. The molecule has 2 saturated heterocycles. The van der Waals surface area contributed by atoms with E-state index in [9.17, 15) is 22.8 Å². The molecule has 2 aromatic rings. The fourth-order valence-corrected chi connectivity index (χ4v) is 3.54. The van der Waals surface area contributed by atoms with Crippen molar-refractivity contribution in [3.8, 4) is 5.75 Å². The highest BCUT2D eigenvalue weighted by Crippen LogP contribution is 2.26. The first-order chi connectivity index (χ1) is 14.8. The van der Waals surface area contributed by atoms with E-state index in [1.165, 1.54) is 30.3 Å². The van der Waals surface area contributed by atoms with Crippen LogP contribution in [0.4, 0.5) is 19.0 Å². The molecule has 11 heteroatoms. The van der Waals surface area contributed by atoms with Gasteiger partial charge in [0.25, 0.3) is 5.91 Å². The fraction of sp³-hybridized carbons (Fsp3) is 0.400. The summed E-state index contributed by atoms with van der Waals surface area (Å²) in [5.41, 5.74) is 0.0299. The highest BCUT2D eigenvalue weighted by molar-refractivity contribution is 5.97. The van der Waals surface area contributed by atoms with E-state index in [1.54, 1.807) is 4.90 Å². The number of carbonyl (C=O) groups is 2. The van der Waals surface area contributed by atoms with Gasteiger partial charge in [-0.25, -0.2) is 23.1 Å². The Hall–Kier alpha value is -3.37. The van der Waals surface area contributed by atoms with Crippen LogP contribution in [0.2, 0.25) is 0 Å². The number of rotatable bonds is 5. The van der Waals surface area contributed by atoms with Gasteiger partial charge in [-0.1, -0.05) is 0 Å². The number of anilines is 1. The molecule has 1 aromatic carbocycles. The minimum Gasteiger partial charge on any atom is -0.487 e. The van der Waals surface area contributed by atoms with Crippen LogP contribution in [0.5, 0.6) is 5.75 Å². The summed E-state index contributed by atoms with van der Waals surface area (Å²) in [6.45, 7) is 2.07. The van der Waals surface area contributed by atoms with Gasteiger partial charge in [-0.2, -0.15) is 0 Å². The van der Waals surface area contributed by atoms with Gasteiger partial charge in [-0.15, -0.1) is 0 Å². The first-order valence-electron chi connectivity index (χ1n) is 9.70. The Morgan fingerprint density at radius 2 is 1.84 bits per heavy atom. The van der Waals surface area contributed by atoms with E-state index in [2.05, 4.69) is 15.3 Å². The van der Waals surface area contributed by atoms with E-state index in [-0.39, 0.29) is 36.5 Å². The highest BCUT2D eigenvalue weighted by atomic mass is 19.2. The summed E-state index contributed by atoms with van der Waals surface area (Å²) in [6, 6.07) is 2.47. The molecule has 2 aliphatic rings. The van der Waals surface area contributed by atoms with Crippen molar-refractivity contribution in [2.45, 2.75) is 25.2 Å². The average Bonchev–Trinajstić information content (AvgIpc) is 3.08. The average molecular weight is 435 g/mol. The van der Waals surface area contributed by atoms with E-state index in [0.29, 0.717) is 18.9 Å². The molecular formula is C20H20F3N5O3. The van der Waals surface area contributed by atoms with Crippen molar-refractivity contribution >= 4 is 17.6 Å². The summed E-state index contributed by atoms with van der Waals surface area (Å²) in [5, 5.41) is 2.59. The van der Waals surface area contributed by atoms with Gasteiger partial charge in [0.1, 0.15) is 18.0 Å². The Bertz CT molecular complexity index is 1000. The van der Waals surface area contributed by atoms with Gasteiger partial charge < -0.3 is 19.9 Å². The van der Waals surface area contributed by atoms with Crippen LogP contribution < -0.4 is 15.0 Å². The molecule has 0 bridgehead atoms. The molecule has 2 atom stereocenters. The van der Waals surface area contributed by atoms with Gasteiger partial charge in [0, 0.05) is 31.9 Å². The van der Waals surface area contributed by atoms with E-state index < -0.39 is 29.8 Å². The Labute approximate surface area is 176 Å². The number of nitrogens with zero attached hydrogens (tertiary/aromatic N) is 4. The molecule has 4 rings (SSSR count). The predicted octanol–water partition coefficient (Wildman–Crippen LogP) is 1.32. The zero-order valence-electron chi connectivity index (χ0n) is 16.6. The van der Waals surface area contributed by atoms with E-state index in [0.717, 1.165) is 12.1 Å². The predicted molar refractivity (Wildman–Crippen MR) is 103 cm³/mol. The van der Waals surface area contributed by atoms with Crippen LogP contribution in [0, 0.1) is 11.6 Å². The zero-order valence-corrected chi connectivity index (χ0v) is 16.6. The maximum Gasteiger partial charge on any atom is 0.274 e. The third-order valence-corrected chi connectivity index (χ3v) is 5.25. The Morgan fingerprint density at radius 3 is 2.52 bits per heavy atom. The normalized spacial score (nSPS) is 21.0. The van der Waals surface area contributed by atoms with Crippen molar-refractivity contribution in [2.75, 3.05) is 31.1 Å². The molecule has 8 nitrogen and oxygen atoms in total. The van der Waals surface area contributed by atoms with Crippen molar-refractivity contribution in [3.63, 3.8) is 0 Å². The van der Waals surface area contributed by atoms with Crippen molar-refractivity contribution in [1.29, 1.82) is 0 Å². The van der Waals surface area contributed by atoms with E-state index in [1.807, 2.05) is 0 Å². The lowest BCUT2D eigenvalue weighted by Crippen LogP contribution is -2.55. The summed E-state index contributed by atoms with van der Waals surface area (Å²) < 4.78 is 46.2. The molecule has 31 heavy (non-hydrogen) atoms. The van der Waals surface area contributed by atoms with Gasteiger partial charge in [-0.3, -0.25) is 9.59 Å². The molecule has 2 amide bonds. The van der Waals surface area contributed by atoms with Gasteiger partial charge in [-0.05, 0) is 12.1 Å². The molecule has 164 valence electrons. The molecule has 0 saturated carbocycles. The van der Waals surface area contributed by atoms with Gasteiger partial charge in [0.2, 0.25) is 5.91 Å². The van der Waals surface area contributed by atoms with Crippen LogP contribution in [0.15, 0.2) is 30.6 Å². The SMILES string of the molecule is CC(=O)N1CC(F)C(NC(=O)c2nccnc2N2CC(Oc3ccc(F)c(F)c3)C2)C1. The maximum atomic E-state index is 14.2. The zero-order chi connectivity index (χ0) is 22.1. The quantitative estimate of drug-likeness (QED) is 0.763. The molecule has 2 aliphatic heterocycles. The summed E-state index contributed by atoms with van der Waals surface area (Å²) in [4.78, 5) is 35.5. The third kappa shape index (κ3) is 4.39. The molecule has 0 spiro atoms. The summed E-state index contributed by atoms with van der Waals surface area (Å²) in [6.07, 6.45) is 1.11. The number of alkyl halides is 1. The standard InChI is InChI=1S/C20H20F3N5O3/c1-11(29)27-9-16(23)17(10-27)26-20(30)18-19(25-5-4-24-18)28-7-13(8-28)31-12-2-3-14(21)15(22)6-12/h2-6,13,16-17H,7-10H2,1H3,(H,26,30). The number of halogens is 3. The highest BCUT2D eigenvalue weighted by Gasteiger charge is 2.37. The summed E-state index contributed by atoms with van der Waals surface area (Å²) in [7, 11) is 0. The van der Waals surface area contributed by atoms with Crippen molar-refractivity contribution in [3.05, 3.63) is 47.9 Å². The molecule has 3 heterocycles. The summed E-state index contributed by atoms with van der Waals surface area (Å²) in [5.74, 6) is -2.30. The second-order valence-electron chi connectivity index (χ2n) is 7.47. The Kier molecular flexibility index (Phi) is 5.66. The van der Waals surface area contributed by atoms with Gasteiger partial charge in [0.05, 0.1) is 25.7 Å². The van der Waals surface area contributed by atoms with Crippen molar-refractivity contribution < 1.29 is 27.5 Å². The van der Waals surface area contributed by atoms with Crippen LogP contribution in [0.3, 0.4) is 0 Å². The molecule has 0 aliphatic carbocycles. The number of hydrogen-bond donors (Lipinski definition) is 1. The number of aromatic nitrogens is 2. The number of nitrogens with one attached hydrogen (secondary N) is 1. The Morgan fingerprint density at radius 1 is 1.10 bits per heavy atom. The summed E-state index contributed by atoms with van der Waals surface area (Å²) >= 11 is 0. The lowest BCUT2D eigenvalue weighted by molar-refractivity contribution is -0.128. The number of hydrogen-bond acceptors (Lipinski definition) is 6. The molecule has 2 unspecified atom stereocenters. The van der Waals surface area contributed by atoms with E-state index >= 15 is 0 Å². The maximum absolute atomic E-state index is 14.2. The lowest BCUT2D eigenvalue weighted by atomic mass is 10.1. The van der Waals surface area contributed by atoms with Crippen molar-refractivity contribution in [1.82, 2.24) is 20.2 Å². The number of ether oxygens (including phenoxy) is 1. The number of benzene rings is 1. The monoisotopic (exact) mass is 435 g/mol. The minimum absolute atomic E-state index is 0.0299. The molecule has 0 radical (unpaired) electrons. The largest absolute Gasteiger partial charge is 0.487 e. The van der Waals surface area contributed by atoms with E-state index in [4.69, 9.17) is 4.74 Å². The number of amides is 2. The van der Waals surface area contributed by atoms with Crippen molar-refractivity contribution in [2.24, 2.45) is 0 Å². The molecule has 1 aromatic heterocycles. The molecular weight excluding hydrogens is 415 g/mol. The smallest absolute Gasteiger partial charge is 0.274 e. The first kappa shape index (κ1) is 20.9. The topological polar surface area (TPSA) is 87.7 Å². The third-order valence-electron chi connectivity index (χ3n) is 5.25. The molecule has 1 N–H and O–H groups in total. The lowest BCUT2D eigenvalue weighted by Gasteiger charge is -2.40. The number of carbonyl (C=O) groups excluding carboxylic acids is 2.